The first kappa shape index (κ1) is 10.4. The number of nitrogens with zero attached hydrogens (tertiary/aromatic N) is 1. The van der Waals surface area contributed by atoms with Crippen LogP contribution in [0.3, 0.4) is 0 Å². The summed E-state index contributed by atoms with van der Waals surface area (Å²) in [6, 6.07) is 16.1. The molecule has 0 saturated heterocycles. The van der Waals surface area contributed by atoms with Gasteiger partial charge in [0, 0.05) is 21.8 Å². The van der Waals surface area contributed by atoms with E-state index in [1.807, 2.05) is 36.4 Å². The molecule has 2 aromatic rings. The molecule has 0 radical (unpaired) electrons. The molecule has 3 heteroatoms. The molecule has 3 rings (SSSR count). The van der Waals surface area contributed by atoms with Gasteiger partial charge in [-0.25, -0.2) is 0 Å². The van der Waals surface area contributed by atoms with Crippen molar-refractivity contribution in [1.29, 1.82) is 0 Å². The Labute approximate surface area is 104 Å². The van der Waals surface area contributed by atoms with E-state index >= 15 is 0 Å². The zero-order chi connectivity index (χ0) is 11.7. The van der Waals surface area contributed by atoms with Crippen molar-refractivity contribution in [3.8, 4) is 0 Å². The molecule has 1 heterocycles. The van der Waals surface area contributed by atoms with E-state index in [0.717, 1.165) is 21.8 Å². The molecule has 0 aromatic heterocycles. The molecule has 1 aliphatic rings. The molecule has 2 aromatic carbocycles. The molecule has 0 atom stereocenters. The van der Waals surface area contributed by atoms with Crippen LogP contribution in [0.15, 0.2) is 58.6 Å². The molecule has 0 unspecified atom stereocenters. The molecule has 0 bridgehead atoms. The first-order chi connectivity index (χ1) is 8.40. The summed E-state index contributed by atoms with van der Waals surface area (Å²) in [5, 5.41) is 12.8. The van der Waals surface area contributed by atoms with E-state index in [0.29, 0.717) is 5.71 Å². The van der Waals surface area contributed by atoms with E-state index in [1.54, 1.807) is 11.8 Å². The second-order valence-electron chi connectivity index (χ2n) is 3.89. The fraction of sp³-hybridized carbons (Fsp3) is 0.0714. The van der Waals surface area contributed by atoms with Gasteiger partial charge in [0.15, 0.2) is 0 Å². The van der Waals surface area contributed by atoms with E-state index in [9.17, 15) is 5.21 Å². The van der Waals surface area contributed by atoms with Gasteiger partial charge < -0.3 is 5.21 Å². The van der Waals surface area contributed by atoms with Crippen molar-refractivity contribution in [3.05, 3.63) is 65.2 Å². The van der Waals surface area contributed by atoms with Crippen LogP contribution in [0, 0.1) is 0 Å². The van der Waals surface area contributed by atoms with E-state index in [-0.39, 0.29) is 0 Å². The van der Waals surface area contributed by atoms with Crippen LogP contribution in [0.4, 0.5) is 0 Å². The molecule has 1 aliphatic heterocycles. The summed E-state index contributed by atoms with van der Waals surface area (Å²) in [4.78, 5) is 1.16. The van der Waals surface area contributed by atoms with Gasteiger partial charge in [0.05, 0.1) is 0 Å². The summed E-state index contributed by atoms with van der Waals surface area (Å²) < 4.78 is 0. The predicted octanol–water partition coefficient (Wildman–Crippen LogP) is 3.52. The van der Waals surface area contributed by atoms with E-state index in [1.165, 1.54) is 5.56 Å². The van der Waals surface area contributed by atoms with Crippen molar-refractivity contribution >= 4 is 17.5 Å². The molecule has 2 nitrogen and oxygen atoms in total. The smallest absolute Gasteiger partial charge is 0.118 e. The van der Waals surface area contributed by atoms with Crippen LogP contribution in [0.1, 0.15) is 16.7 Å². The van der Waals surface area contributed by atoms with Gasteiger partial charge in [0.25, 0.3) is 0 Å². The van der Waals surface area contributed by atoms with Crippen molar-refractivity contribution in [2.45, 2.75) is 10.6 Å². The Balaban J connectivity index is 2.27. The van der Waals surface area contributed by atoms with Crippen LogP contribution < -0.4 is 0 Å². The van der Waals surface area contributed by atoms with Crippen molar-refractivity contribution < 1.29 is 5.21 Å². The second-order valence-corrected chi connectivity index (χ2v) is 4.91. The van der Waals surface area contributed by atoms with Crippen LogP contribution in [-0.4, -0.2) is 10.9 Å². The Morgan fingerprint density at radius 3 is 2.47 bits per heavy atom. The van der Waals surface area contributed by atoms with E-state index < -0.39 is 0 Å². The number of thioether (sulfide) groups is 1. The standard InChI is InChI=1S/C14H11NOS/c16-15-14-11-6-2-1-5-10(11)9-17-13-8-4-3-7-12(13)14/h1-8,16H,9H2/b15-14-. The lowest BCUT2D eigenvalue weighted by Crippen LogP contribution is -2.05. The van der Waals surface area contributed by atoms with Crippen LogP contribution in [-0.2, 0) is 5.75 Å². The third-order valence-corrected chi connectivity index (χ3v) is 4.02. The van der Waals surface area contributed by atoms with Gasteiger partial charge in [-0.2, -0.15) is 0 Å². The topological polar surface area (TPSA) is 32.6 Å². The monoisotopic (exact) mass is 241 g/mol. The van der Waals surface area contributed by atoms with Crippen LogP contribution in [0.25, 0.3) is 0 Å². The van der Waals surface area contributed by atoms with Gasteiger partial charge in [-0.3, -0.25) is 0 Å². The maximum Gasteiger partial charge on any atom is 0.118 e. The summed E-state index contributed by atoms with van der Waals surface area (Å²) in [6.45, 7) is 0. The summed E-state index contributed by atoms with van der Waals surface area (Å²) in [6.07, 6.45) is 0. The van der Waals surface area contributed by atoms with Gasteiger partial charge in [0.1, 0.15) is 5.71 Å². The summed E-state index contributed by atoms with van der Waals surface area (Å²) in [5.74, 6) is 0.909. The Morgan fingerprint density at radius 1 is 0.941 bits per heavy atom. The highest BCUT2D eigenvalue weighted by Crippen LogP contribution is 2.33. The van der Waals surface area contributed by atoms with Crippen LogP contribution in [0.2, 0.25) is 0 Å². The number of rotatable bonds is 0. The summed E-state index contributed by atoms with van der Waals surface area (Å²) in [5.41, 5.74) is 3.90. The Morgan fingerprint density at radius 2 is 1.65 bits per heavy atom. The number of fused-ring (bicyclic) bond motifs is 2. The number of oxime groups is 1. The average Bonchev–Trinajstić information content (AvgIpc) is 2.55. The van der Waals surface area contributed by atoms with Crippen molar-refractivity contribution in [2.24, 2.45) is 5.16 Å². The molecule has 0 fully saturated rings. The highest BCUT2D eigenvalue weighted by molar-refractivity contribution is 7.98. The number of hydrogen-bond acceptors (Lipinski definition) is 3. The first-order valence-corrected chi connectivity index (χ1v) is 6.41. The summed E-state index contributed by atoms with van der Waals surface area (Å²) in [7, 11) is 0. The van der Waals surface area contributed by atoms with Crippen molar-refractivity contribution in [3.63, 3.8) is 0 Å². The Bertz CT molecular complexity index is 543. The lowest BCUT2D eigenvalue weighted by atomic mass is 9.98. The number of benzene rings is 2. The van der Waals surface area contributed by atoms with Crippen LogP contribution in [0.5, 0.6) is 0 Å². The predicted molar refractivity (Wildman–Crippen MR) is 69.9 cm³/mol. The SMILES string of the molecule is O/N=C1/c2ccccc2CSc2ccccc21. The molecule has 0 amide bonds. The third kappa shape index (κ3) is 1.72. The highest BCUT2D eigenvalue weighted by Gasteiger charge is 2.19. The quantitative estimate of drug-likeness (QED) is 0.565. The zero-order valence-corrected chi connectivity index (χ0v) is 9.95. The minimum absolute atomic E-state index is 0.668. The lowest BCUT2D eigenvalue weighted by molar-refractivity contribution is 0.319. The zero-order valence-electron chi connectivity index (χ0n) is 9.13. The molecular formula is C14H11NOS. The normalized spacial score (nSPS) is 16.1. The van der Waals surface area contributed by atoms with E-state index in [4.69, 9.17) is 0 Å². The number of hydrogen-bond donors (Lipinski definition) is 1. The van der Waals surface area contributed by atoms with E-state index in [2.05, 4.69) is 17.3 Å². The van der Waals surface area contributed by atoms with Gasteiger partial charge in [-0.1, -0.05) is 47.6 Å². The maximum absolute atomic E-state index is 9.29. The molecule has 17 heavy (non-hydrogen) atoms. The van der Waals surface area contributed by atoms with Crippen molar-refractivity contribution in [1.82, 2.24) is 0 Å². The molecule has 0 spiro atoms. The minimum Gasteiger partial charge on any atom is -0.410 e. The fourth-order valence-electron chi connectivity index (χ4n) is 2.07. The molecular weight excluding hydrogens is 230 g/mol. The molecule has 0 aliphatic carbocycles. The van der Waals surface area contributed by atoms with Gasteiger partial charge in [-0.15, -0.1) is 11.8 Å². The Kier molecular flexibility index (Phi) is 2.61. The third-order valence-electron chi connectivity index (χ3n) is 2.90. The second kappa shape index (κ2) is 4.26. The summed E-state index contributed by atoms with van der Waals surface area (Å²) >= 11 is 1.78. The van der Waals surface area contributed by atoms with Gasteiger partial charge in [0.2, 0.25) is 0 Å². The maximum atomic E-state index is 9.29. The Hall–Kier alpha value is -1.74. The molecule has 84 valence electrons. The molecule has 1 N–H and O–H groups in total. The van der Waals surface area contributed by atoms with Gasteiger partial charge in [-0.05, 0) is 11.6 Å². The highest BCUT2D eigenvalue weighted by atomic mass is 32.2. The van der Waals surface area contributed by atoms with Crippen molar-refractivity contribution in [2.75, 3.05) is 0 Å². The lowest BCUT2D eigenvalue weighted by Gasteiger charge is -2.06. The first-order valence-electron chi connectivity index (χ1n) is 5.42. The average molecular weight is 241 g/mol. The fourth-order valence-corrected chi connectivity index (χ4v) is 3.13. The molecule has 0 saturated carbocycles. The largest absolute Gasteiger partial charge is 0.410 e. The van der Waals surface area contributed by atoms with Gasteiger partial charge >= 0.3 is 0 Å². The minimum atomic E-state index is 0.668. The van der Waals surface area contributed by atoms with Crippen LogP contribution >= 0.6 is 11.8 Å².